The molecule has 2 N–H and O–H groups in total. The number of nitrogens with zero attached hydrogens (tertiary/aromatic N) is 1. The number of carbonyl (C=O) groups excluding carboxylic acids is 1. The number of morpholine rings is 1. The molecule has 1 aromatic heterocycles. The molecule has 6 heteroatoms. The topological polar surface area (TPSA) is 74.9 Å². The van der Waals surface area contributed by atoms with E-state index in [1.807, 2.05) is 0 Å². The summed E-state index contributed by atoms with van der Waals surface area (Å²) in [5, 5.41) is 12.7. The average molecular weight is 282 g/mol. The Kier molecular flexibility index (Phi) is 5.17. The Hall–Kier alpha value is -1.37. The number of hydrogen-bond acceptors (Lipinski definition) is 5. The van der Waals surface area contributed by atoms with E-state index in [-0.39, 0.29) is 12.5 Å². The van der Waals surface area contributed by atoms with E-state index in [0.717, 1.165) is 13.1 Å². The molecule has 1 amide bonds. The molecular formula is C14H22N2O4. The van der Waals surface area contributed by atoms with Crippen LogP contribution in [0, 0.1) is 13.8 Å². The van der Waals surface area contributed by atoms with Crippen LogP contribution in [0.5, 0.6) is 0 Å². The largest absolute Gasteiger partial charge is 0.466 e. The van der Waals surface area contributed by atoms with E-state index in [1.165, 1.54) is 0 Å². The van der Waals surface area contributed by atoms with Crippen LogP contribution in [-0.4, -0.2) is 61.4 Å². The maximum Gasteiger partial charge on any atom is 0.254 e. The summed E-state index contributed by atoms with van der Waals surface area (Å²) in [7, 11) is 0. The number of amides is 1. The summed E-state index contributed by atoms with van der Waals surface area (Å²) >= 11 is 0. The zero-order valence-electron chi connectivity index (χ0n) is 12.0. The molecule has 1 saturated heterocycles. The van der Waals surface area contributed by atoms with Crippen molar-refractivity contribution in [3.63, 3.8) is 0 Å². The molecule has 2 rings (SSSR count). The molecule has 0 spiro atoms. The molecule has 0 bridgehead atoms. The van der Waals surface area contributed by atoms with Crippen molar-refractivity contribution in [1.29, 1.82) is 0 Å². The lowest BCUT2D eigenvalue weighted by Crippen LogP contribution is -2.44. The molecule has 1 atom stereocenters. The molecule has 1 unspecified atom stereocenters. The van der Waals surface area contributed by atoms with Gasteiger partial charge < -0.3 is 19.6 Å². The molecule has 0 aromatic carbocycles. The number of β-amino-alcohol motifs (C(OH)–C–C–N with tert-alkyl or cyclic N) is 1. The Labute approximate surface area is 118 Å². The second-order valence-corrected chi connectivity index (χ2v) is 5.10. The number of aryl methyl sites for hydroxylation is 2. The van der Waals surface area contributed by atoms with E-state index < -0.39 is 6.10 Å². The Balaban J connectivity index is 1.76. The van der Waals surface area contributed by atoms with Gasteiger partial charge in [-0.2, -0.15) is 0 Å². The lowest BCUT2D eigenvalue weighted by Gasteiger charge is -2.28. The lowest BCUT2D eigenvalue weighted by molar-refractivity contribution is 0.0149. The fourth-order valence-corrected chi connectivity index (χ4v) is 2.31. The van der Waals surface area contributed by atoms with Gasteiger partial charge in [-0.3, -0.25) is 9.69 Å². The van der Waals surface area contributed by atoms with Crippen LogP contribution in [0.1, 0.15) is 21.9 Å². The molecule has 1 aliphatic rings. The zero-order chi connectivity index (χ0) is 14.5. The summed E-state index contributed by atoms with van der Waals surface area (Å²) in [6.45, 7) is 7.39. The van der Waals surface area contributed by atoms with Gasteiger partial charge in [0.25, 0.3) is 5.91 Å². The zero-order valence-corrected chi connectivity index (χ0v) is 12.0. The van der Waals surface area contributed by atoms with E-state index in [4.69, 9.17) is 9.15 Å². The maximum atomic E-state index is 12.0. The molecule has 1 aliphatic heterocycles. The summed E-state index contributed by atoms with van der Waals surface area (Å²) in [4.78, 5) is 14.1. The second kappa shape index (κ2) is 6.88. The fraction of sp³-hybridized carbons (Fsp3) is 0.643. The van der Waals surface area contributed by atoms with Crippen molar-refractivity contribution in [3.8, 4) is 0 Å². The number of rotatable bonds is 5. The van der Waals surface area contributed by atoms with Crippen LogP contribution in [0.4, 0.5) is 0 Å². The number of nitrogens with one attached hydrogen (secondary N) is 1. The van der Waals surface area contributed by atoms with Crippen LogP contribution in [0.25, 0.3) is 0 Å². The van der Waals surface area contributed by atoms with Crippen molar-refractivity contribution in [3.05, 3.63) is 23.2 Å². The highest BCUT2D eigenvalue weighted by Crippen LogP contribution is 2.13. The third kappa shape index (κ3) is 4.06. The minimum absolute atomic E-state index is 0.208. The van der Waals surface area contributed by atoms with Crippen molar-refractivity contribution in [2.75, 3.05) is 39.4 Å². The quantitative estimate of drug-likeness (QED) is 0.813. The van der Waals surface area contributed by atoms with Crippen molar-refractivity contribution >= 4 is 5.91 Å². The molecule has 112 valence electrons. The van der Waals surface area contributed by atoms with Crippen LogP contribution in [0.3, 0.4) is 0 Å². The molecule has 0 radical (unpaired) electrons. The molecule has 20 heavy (non-hydrogen) atoms. The smallest absolute Gasteiger partial charge is 0.254 e. The third-order valence-electron chi connectivity index (χ3n) is 3.36. The van der Waals surface area contributed by atoms with Crippen molar-refractivity contribution in [2.45, 2.75) is 20.0 Å². The molecule has 1 fully saturated rings. The summed E-state index contributed by atoms with van der Waals surface area (Å²) in [6.07, 6.45) is -0.578. The van der Waals surface area contributed by atoms with E-state index in [1.54, 1.807) is 19.9 Å². The molecule has 2 heterocycles. The standard InChI is InChI=1S/C14H22N2O4/c1-10-7-13(11(2)20-10)14(18)15-8-12(17)9-16-3-5-19-6-4-16/h7,12,17H,3-6,8-9H2,1-2H3,(H,15,18). The second-order valence-electron chi connectivity index (χ2n) is 5.10. The van der Waals surface area contributed by atoms with Gasteiger partial charge in [0, 0.05) is 26.2 Å². The van der Waals surface area contributed by atoms with Crippen molar-refractivity contribution in [1.82, 2.24) is 10.2 Å². The first-order chi connectivity index (χ1) is 9.56. The molecule has 0 saturated carbocycles. The van der Waals surface area contributed by atoms with E-state index >= 15 is 0 Å². The summed E-state index contributed by atoms with van der Waals surface area (Å²) in [5.74, 6) is 1.10. The average Bonchev–Trinajstić information content (AvgIpc) is 2.76. The van der Waals surface area contributed by atoms with E-state index in [9.17, 15) is 9.90 Å². The first kappa shape index (κ1) is 15.0. The summed E-state index contributed by atoms with van der Waals surface area (Å²) in [6, 6.07) is 1.71. The number of hydrogen-bond donors (Lipinski definition) is 2. The van der Waals surface area contributed by atoms with Crippen LogP contribution < -0.4 is 5.32 Å². The van der Waals surface area contributed by atoms with Crippen LogP contribution in [0.2, 0.25) is 0 Å². The molecular weight excluding hydrogens is 260 g/mol. The van der Waals surface area contributed by atoms with E-state index in [2.05, 4.69) is 10.2 Å². The number of aliphatic hydroxyl groups is 1. The minimum Gasteiger partial charge on any atom is -0.466 e. The van der Waals surface area contributed by atoms with Gasteiger partial charge >= 0.3 is 0 Å². The number of aliphatic hydroxyl groups excluding tert-OH is 1. The highest BCUT2D eigenvalue weighted by Gasteiger charge is 2.17. The van der Waals surface area contributed by atoms with Gasteiger partial charge in [-0.25, -0.2) is 0 Å². The first-order valence-corrected chi connectivity index (χ1v) is 6.89. The van der Waals surface area contributed by atoms with Gasteiger partial charge in [0.1, 0.15) is 11.5 Å². The SMILES string of the molecule is Cc1cc(C(=O)NCC(O)CN2CCOCC2)c(C)o1. The van der Waals surface area contributed by atoms with Gasteiger partial charge in [-0.05, 0) is 19.9 Å². The van der Waals surface area contributed by atoms with Crippen molar-refractivity contribution < 1.29 is 19.1 Å². The van der Waals surface area contributed by atoms with Gasteiger partial charge in [0.15, 0.2) is 0 Å². The fourth-order valence-electron chi connectivity index (χ4n) is 2.31. The lowest BCUT2D eigenvalue weighted by atomic mass is 10.2. The monoisotopic (exact) mass is 282 g/mol. The summed E-state index contributed by atoms with van der Waals surface area (Å²) in [5.41, 5.74) is 0.529. The number of carbonyl (C=O) groups is 1. The summed E-state index contributed by atoms with van der Waals surface area (Å²) < 4.78 is 10.6. The van der Waals surface area contributed by atoms with Gasteiger partial charge in [0.05, 0.1) is 24.9 Å². The molecule has 6 nitrogen and oxygen atoms in total. The Morgan fingerprint density at radius 2 is 2.15 bits per heavy atom. The highest BCUT2D eigenvalue weighted by atomic mass is 16.5. The normalized spacial score (nSPS) is 17.9. The Morgan fingerprint density at radius 1 is 1.45 bits per heavy atom. The molecule has 1 aromatic rings. The Morgan fingerprint density at radius 3 is 2.75 bits per heavy atom. The number of furan rings is 1. The van der Waals surface area contributed by atoms with Crippen molar-refractivity contribution in [2.24, 2.45) is 0 Å². The van der Waals surface area contributed by atoms with Crippen LogP contribution in [0.15, 0.2) is 10.5 Å². The maximum absolute atomic E-state index is 12.0. The van der Waals surface area contributed by atoms with E-state index in [0.29, 0.717) is 36.8 Å². The Bertz CT molecular complexity index is 452. The predicted molar refractivity (Wildman–Crippen MR) is 73.8 cm³/mol. The highest BCUT2D eigenvalue weighted by molar-refractivity contribution is 5.95. The van der Waals surface area contributed by atoms with Crippen LogP contribution >= 0.6 is 0 Å². The third-order valence-corrected chi connectivity index (χ3v) is 3.36. The van der Waals surface area contributed by atoms with Gasteiger partial charge in [0.2, 0.25) is 0 Å². The van der Waals surface area contributed by atoms with Crippen LogP contribution in [-0.2, 0) is 4.74 Å². The predicted octanol–water partition coefficient (Wildman–Crippen LogP) is 0.319. The number of ether oxygens (including phenoxy) is 1. The molecule has 0 aliphatic carbocycles. The van der Waals surface area contributed by atoms with Gasteiger partial charge in [-0.15, -0.1) is 0 Å². The minimum atomic E-state index is -0.578. The first-order valence-electron chi connectivity index (χ1n) is 6.89. The van der Waals surface area contributed by atoms with Gasteiger partial charge in [-0.1, -0.05) is 0 Å².